The van der Waals surface area contributed by atoms with Crippen molar-refractivity contribution in [2.24, 2.45) is 0 Å². The van der Waals surface area contributed by atoms with Crippen LogP contribution < -0.4 is 9.47 Å². The summed E-state index contributed by atoms with van der Waals surface area (Å²) >= 11 is 6.22. The van der Waals surface area contributed by atoms with Crippen molar-refractivity contribution in [2.75, 3.05) is 46.6 Å². The van der Waals surface area contributed by atoms with Gasteiger partial charge in [0.2, 0.25) is 0 Å². The summed E-state index contributed by atoms with van der Waals surface area (Å²) in [5.74, 6) is 1.36. The molecule has 0 N–H and O–H groups in total. The molecule has 1 aliphatic rings. The third kappa shape index (κ3) is 3.43. The van der Waals surface area contributed by atoms with Crippen LogP contribution in [-0.4, -0.2) is 56.4 Å². The van der Waals surface area contributed by atoms with Gasteiger partial charge in [-0.05, 0) is 12.1 Å². The molecule has 0 unspecified atom stereocenters. The third-order valence-corrected chi connectivity index (χ3v) is 4.07. The molecule has 1 fully saturated rings. The molecule has 0 radical (unpaired) electrons. The zero-order valence-corrected chi connectivity index (χ0v) is 13.3. The van der Waals surface area contributed by atoms with Crippen LogP contribution >= 0.6 is 11.6 Å². The molecule has 6 heteroatoms. The van der Waals surface area contributed by atoms with Gasteiger partial charge in [0, 0.05) is 37.3 Å². The monoisotopic (exact) mass is 322 g/mol. The molecule has 1 aromatic carbocycles. The summed E-state index contributed by atoms with van der Waals surface area (Å²) in [5.41, 5.74) is 0.796. The van der Waals surface area contributed by atoms with Crippen molar-refractivity contribution in [3.05, 3.63) is 29.4 Å². The summed E-state index contributed by atoms with van der Waals surface area (Å²) < 4.78 is 16.6. The second-order valence-corrected chi connectivity index (χ2v) is 5.52. The maximum Gasteiger partial charge on any atom is 0.162 e. The van der Waals surface area contributed by atoms with E-state index in [1.54, 1.807) is 19.4 Å². The molecule has 0 bridgehead atoms. The van der Waals surface area contributed by atoms with E-state index in [1.165, 1.54) is 0 Å². The van der Waals surface area contributed by atoms with Crippen molar-refractivity contribution in [2.45, 2.75) is 0 Å². The highest BCUT2D eigenvalue weighted by Gasteiger charge is 2.12. The number of aromatic nitrogens is 1. The Kier molecular flexibility index (Phi) is 4.97. The molecule has 3 rings (SSSR count). The van der Waals surface area contributed by atoms with Crippen LogP contribution in [0.5, 0.6) is 11.5 Å². The van der Waals surface area contributed by atoms with Gasteiger partial charge in [0.25, 0.3) is 0 Å². The van der Waals surface area contributed by atoms with Gasteiger partial charge in [-0.25, -0.2) is 0 Å². The number of ether oxygens (including phenoxy) is 3. The van der Waals surface area contributed by atoms with Crippen molar-refractivity contribution in [3.63, 3.8) is 0 Å². The minimum atomic E-state index is 0.597. The summed E-state index contributed by atoms with van der Waals surface area (Å²) in [5, 5.41) is 1.53. The second kappa shape index (κ2) is 7.13. The number of rotatable bonds is 5. The lowest BCUT2D eigenvalue weighted by molar-refractivity contribution is 0.0321. The quantitative estimate of drug-likeness (QED) is 0.846. The van der Waals surface area contributed by atoms with Gasteiger partial charge in [0.1, 0.15) is 6.61 Å². The van der Waals surface area contributed by atoms with Crippen LogP contribution in [-0.2, 0) is 4.74 Å². The molecular formula is C16H19ClN2O3. The lowest BCUT2D eigenvalue weighted by Gasteiger charge is -2.26. The number of morpholine rings is 1. The fourth-order valence-electron chi connectivity index (χ4n) is 2.50. The minimum absolute atomic E-state index is 0.597. The smallest absolute Gasteiger partial charge is 0.162 e. The van der Waals surface area contributed by atoms with E-state index in [0.717, 1.165) is 43.8 Å². The zero-order chi connectivity index (χ0) is 15.4. The SMILES string of the molecule is COc1cc2nccc(Cl)c2cc1OCCN1CCOCC1. The molecule has 22 heavy (non-hydrogen) atoms. The Hall–Kier alpha value is -1.56. The van der Waals surface area contributed by atoms with Gasteiger partial charge < -0.3 is 14.2 Å². The van der Waals surface area contributed by atoms with E-state index in [4.69, 9.17) is 25.8 Å². The topological polar surface area (TPSA) is 43.8 Å². The highest BCUT2D eigenvalue weighted by molar-refractivity contribution is 6.35. The van der Waals surface area contributed by atoms with Gasteiger partial charge in [-0.15, -0.1) is 0 Å². The molecule has 5 nitrogen and oxygen atoms in total. The van der Waals surface area contributed by atoms with Gasteiger partial charge in [-0.3, -0.25) is 9.88 Å². The van der Waals surface area contributed by atoms with E-state index in [9.17, 15) is 0 Å². The first-order chi connectivity index (χ1) is 10.8. The number of nitrogens with zero attached hydrogens (tertiary/aromatic N) is 2. The number of halogens is 1. The summed E-state index contributed by atoms with van der Waals surface area (Å²) in [4.78, 5) is 6.63. The molecule has 0 aliphatic carbocycles. The van der Waals surface area contributed by atoms with E-state index < -0.39 is 0 Å². The van der Waals surface area contributed by atoms with Gasteiger partial charge in [-0.2, -0.15) is 0 Å². The van der Waals surface area contributed by atoms with Gasteiger partial charge in [-0.1, -0.05) is 11.6 Å². The molecule has 0 amide bonds. The highest BCUT2D eigenvalue weighted by atomic mass is 35.5. The van der Waals surface area contributed by atoms with E-state index in [0.29, 0.717) is 23.1 Å². The van der Waals surface area contributed by atoms with E-state index >= 15 is 0 Å². The Morgan fingerprint density at radius 3 is 2.86 bits per heavy atom. The maximum atomic E-state index is 6.22. The Balaban J connectivity index is 1.72. The fraction of sp³-hybridized carbons (Fsp3) is 0.438. The molecular weight excluding hydrogens is 304 g/mol. The van der Waals surface area contributed by atoms with Crippen molar-refractivity contribution in [1.82, 2.24) is 9.88 Å². The first-order valence-electron chi connectivity index (χ1n) is 7.33. The summed E-state index contributed by atoms with van der Waals surface area (Å²) in [6, 6.07) is 5.52. The first kappa shape index (κ1) is 15.3. The molecule has 1 aliphatic heterocycles. The van der Waals surface area contributed by atoms with Gasteiger partial charge in [0.15, 0.2) is 11.5 Å². The van der Waals surface area contributed by atoms with E-state index in [1.807, 2.05) is 12.1 Å². The van der Waals surface area contributed by atoms with Crippen LogP contribution in [0.15, 0.2) is 24.4 Å². The first-order valence-corrected chi connectivity index (χ1v) is 7.71. The third-order valence-electron chi connectivity index (χ3n) is 3.74. The Morgan fingerprint density at radius 2 is 2.09 bits per heavy atom. The minimum Gasteiger partial charge on any atom is -0.493 e. The number of pyridine rings is 1. The Bertz CT molecular complexity index is 645. The molecule has 2 heterocycles. The van der Waals surface area contributed by atoms with Crippen LogP contribution in [0.1, 0.15) is 0 Å². The molecule has 1 saturated heterocycles. The number of hydrogen-bond donors (Lipinski definition) is 0. The zero-order valence-electron chi connectivity index (χ0n) is 12.5. The van der Waals surface area contributed by atoms with Gasteiger partial charge in [0.05, 0.1) is 30.9 Å². The normalized spacial score (nSPS) is 15.9. The highest BCUT2D eigenvalue weighted by Crippen LogP contribution is 2.34. The summed E-state index contributed by atoms with van der Waals surface area (Å²) in [6.45, 7) is 4.95. The largest absolute Gasteiger partial charge is 0.493 e. The predicted molar refractivity (Wildman–Crippen MR) is 86.1 cm³/mol. The van der Waals surface area contributed by atoms with Crippen LogP contribution in [0.4, 0.5) is 0 Å². The molecule has 2 aromatic rings. The molecule has 0 atom stereocenters. The predicted octanol–water partition coefficient (Wildman–Crippen LogP) is 2.61. The summed E-state index contributed by atoms with van der Waals surface area (Å²) in [6.07, 6.45) is 1.68. The van der Waals surface area contributed by atoms with Crippen LogP contribution in [0.25, 0.3) is 10.9 Å². The van der Waals surface area contributed by atoms with Crippen LogP contribution in [0.3, 0.4) is 0 Å². The van der Waals surface area contributed by atoms with Crippen molar-refractivity contribution >= 4 is 22.5 Å². The number of hydrogen-bond acceptors (Lipinski definition) is 5. The van der Waals surface area contributed by atoms with E-state index in [-0.39, 0.29) is 0 Å². The fourth-order valence-corrected chi connectivity index (χ4v) is 2.71. The van der Waals surface area contributed by atoms with Gasteiger partial charge >= 0.3 is 0 Å². The maximum absolute atomic E-state index is 6.22. The average molecular weight is 323 g/mol. The standard InChI is InChI=1S/C16H19ClN2O3/c1-20-15-11-14-12(13(17)2-3-18-14)10-16(15)22-9-6-19-4-7-21-8-5-19/h2-3,10-11H,4-9H2,1H3. The Labute approximate surface area is 134 Å². The van der Waals surface area contributed by atoms with Crippen LogP contribution in [0.2, 0.25) is 5.02 Å². The van der Waals surface area contributed by atoms with E-state index in [2.05, 4.69) is 9.88 Å². The lowest BCUT2D eigenvalue weighted by atomic mass is 10.2. The average Bonchev–Trinajstić information content (AvgIpc) is 2.56. The lowest BCUT2D eigenvalue weighted by Crippen LogP contribution is -2.38. The summed E-state index contributed by atoms with van der Waals surface area (Å²) in [7, 11) is 1.63. The number of fused-ring (bicyclic) bond motifs is 1. The van der Waals surface area contributed by atoms with Crippen molar-refractivity contribution in [1.29, 1.82) is 0 Å². The number of benzene rings is 1. The molecule has 1 aromatic heterocycles. The van der Waals surface area contributed by atoms with Crippen LogP contribution in [0, 0.1) is 0 Å². The Morgan fingerprint density at radius 1 is 1.27 bits per heavy atom. The molecule has 0 spiro atoms. The van der Waals surface area contributed by atoms with Crippen molar-refractivity contribution < 1.29 is 14.2 Å². The molecule has 118 valence electrons. The molecule has 0 saturated carbocycles. The number of methoxy groups -OCH3 is 1. The second-order valence-electron chi connectivity index (χ2n) is 5.12. The van der Waals surface area contributed by atoms with Crippen molar-refractivity contribution in [3.8, 4) is 11.5 Å².